The highest BCUT2D eigenvalue weighted by molar-refractivity contribution is 6.38. The van der Waals surface area contributed by atoms with Gasteiger partial charge in [-0.05, 0) is 12.1 Å². The molecule has 0 bridgehead atoms. The number of nitrogens with one attached hydrogen (secondary N) is 1. The van der Waals surface area contributed by atoms with Gasteiger partial charge in [0.05, 0.1) is 5.56 Å². The van der Waals surface area contributed by atoms with E-state index < -0.39 is 17.7 Å². The Hall–Kier alpha value is -2.90. The van der Waals surface area contributed by atoms with E-state index in [9.17, 15) is 19.2 Å². The second kappa shape index (κ2) is 6.70. The van der Waals surface area contributed by atoms with Crippen molar-refractivity contribution in [1.29, 1.82) is 0 Å². The summed E-state index contributed by atoms with van der Waals surface area (Å²) in [6.45, 7) is 1.24. The Balaban J connectivity index is 1.95. The molecule has 0 unspecified atom stereocenters. The number of carbonyl (C=O) groups is 4. The SMILES string of the molecule is Nc1ccccc1C(=O)NC(=O)C(=O)N1CCN(C=O)CC1. The molecule has 0 aromatic heterocycles. The molecule has 1 aromatic carbocycles. The summed E-state index contributed by atoms with van der Waals surface area (Å²) in [4.78, 5) is 49.1. The van der Waals surface area contributed by atoms with Crippen LogP contribution in [0.5, 0.6) is 0 Å². The Morgan fingerprint density at radius 2 is 1.73 bits per heavy atom. The van der Waals surface area contributed by atoms with E-state index in [1.165, 1.54) is 21.9 Å². The predicted octanol–water partition coefficient (Wildman–Crippen LogP) is -1.17. The molecule has 22 heavy (non-hydrogen) atoms. The predicted molar refractivity (Wildman–Crippen MR) is 77.5 cm³/mol. The summed E-state index contributed by atoms with van der Waals surface area (Å²) in [7, 11) is 0. The number of rotatable bonds is 2. The minimum Gasteiger partial charge on any atom is -0.398 e. The monoisotopic (exact) mass is 304 g/mol. The number of piperazine rings is 1. The van der Waals surface area contributed by atoms with Crippen molar-refractivity contribution in [2.45, 2.75) is 0 Å². The lowest BCUT2D eigenvalue weighted by molar-refractivity contribution is -0.147. The van der Waals surface area contributed by atoms with Crippen molar-refractivity contribution < 1.29 is 19.2 Å². The molecule has 1 saturated heterocycles. The Morgan fingerprint density at radius 1 is 1.09 bits per heavy atom. The summed E-state index contributed by atoms with van der Waals surface area (Å²) >= 11 is 0. The van der Waals surface area contributed by atoms with Gasteiger partial charge in [-0.15, -0.1) is 0 Å². The van der Waals surface area contributed by atoms with E-state index in [1.807, 2.05) is 5.32 Å². The van der Waals surface area contributed by atoms with E-state index in [2.05, 4.69) is 0 Å². The third-order valence-electron chi connectivity index (χ3n) is 3.38. The maximum Gasteiger partial charge on any atom is 0.316 e. The van der Waals surface area contributed by atoms with Gasteiger partial charge in [0.15, 0.2) is 0 Å². The number of nitrogens with two attached hydrogens (primary N) is 1. The summed E-state index contributed by atoms with van der Waals surface area (Å²) in [6, 6.07) is 6.26. The van der Waals surface area contributed by atoms with Crippen LogP contribution in [0.2, 0.25) is 0 Å². The van der Waals surface area contributed by atoms with E-state index in [1.54, 1.807) is 12.1 Å². The summed E-state index contributed by atoms with van der Waals surface area (Å²) in [6.07, 6.45) is 0.698. The van der Waals surface area contributed by atoms with Gasteiger partial charge in [0.1, 0.15) is 0 Å². The minimum absolute atomic E-state index is 0.134. The molecule has 0 atom stereocenters. The first kappa shape index (κ1) is 15.5. The number of carbonyl (C=O) groups excluding carboxylic acids is 4. The number of hydrogen-bond acceptors (Lipinski definition) is 5. The normalized spacial score (nSPS) is 14.4. The molecule has 2 rings (SSSR count). The van der Waals surface area contributed by atoms with Crippen molar-refractivity contribution in [3.63, 3.8) is 0 Å². The van der Waals surface area contributed by atoms with Crippen LogP contribution >= 0.6 is 0 Å². The highest BCUT2D eigenvalue weighted by Gasteiger charge is 2.27. The fourth-order valence-electron chi connectivity index (χ4n) is 2.10. The average Bonchev–Trinajstić information content (AvgIpc) is 2.54. The van der Waals surface area contributed by atoms with E-state index in [0.717, 1.165) is 0 Å². The number of imide groups is 1. The smallest absolute Gasteiger partial charge is 0.316 e. The maximum atomic E-state index is 12.0. The first-order valence-electron chi connectivity index (χ1n) is 6.71. The molecule has 1 aliphatic rings. The molecule has 116 valence electrons. The largest absolute Gasteiger partial charge is 0.398 e. The highest BCUT2D eigenvalue weighted by atomic mass is 16.2. The molecule has 4 amide bonds. The summed E-state index contributed by atoms with van der Waals surface area (Å²) in [5.74, 6) is -2.52. The quantitative estimate of drug-likeness (QED) is 0.406. The van der Waals surface area contributed by atoms with Crippen molar-refractivity contribution in [3.8, 4) is 0 Å². The number of amides is 4. The van der Waals surface area contributed by atoms with Crippen LogP contribution in [0.15, 0.2) is 24.3 Å². The lowest BCUT2D eigenvalue weighted by Crippen LogP contribution is -2.52. The van der Waals surface area contributed by atoms with Crippen LogP contribution in [0.4, 0.5) is 5.69 Å². The molecule has 8 nitrogen and oxygen atoms in total. The molecule has 1 heterocycles. The van der Waals surface area contributed by atoms with E-state index in [-0.39, 0.29) is 24.3 Å². The van der Waals surface area contributed by atoms with Gasteiger partial charge in [0.25, 0.3) is 5.91 Å². The number of benzene rings is 1. The summed E-state index contributed by atoms with van der Waals surface area (Å²) < 4.78 is 0. The summed E-state index contributed by atoms with van der Waals surface area (Å²) in [5.41, 5.74) is 6.00. The topological polar surface area (TPSA) is 113 Å². The molecule has 8 heteroatoms. The van der Waals surface area contributed by atoms with Crippen LogP contribution in [-0.2, 0) is 14.4 Å². The first-order valence-corrected chi connectivity index (χ1v) is 6.71. The summed E-state index contributed by atoms with van der Waals surface area (Å²) in [5, 5.41) is 2.03. The van der Waals surface area contributed by atoms with Gasteiger partial charge in [-0.3, -0.25) is 24.5 Å². The molecule has 1 aliphatic heterocycles. The van der Waals surface area contributed by atoms with Gasteiger partial charge < -0.3 is 15.5 Å². The molecule has 1 aromatic rings. The van der Waals surface area contributed by atoms with Gasteiger partial charge in [-0.25, -0.2) is 0 Å². The average molecular weight is 304 g/mol. The fourth-order valence-corrected chi connectivity index (χ4v) is 2.10. The van der Waals surface area contributed by atoms with Crippen LogP contribution in [0.25, 0.3) is 0 Å². The fraction of sp³-hybridized carbons (Fsp3) is 0.286. The van der Waals surface area contributed by atoms with E-state index in [0.29, 0.717) is 19.5 Å². The molecule has 0 aliphatic carbocycles. The number of nitrogens with zero attached hydrogens (tertiary/aromatic N) is 2. The van der Waals surface area contributed by atoms with Crippen LogP contribution in [-0.4, -0.2) is 60.1 Å². The molecule has 0 saturated carbocycles. The zero-order chi connectivity index (χ0) is 16.1. The number of anilines is 1. The van der Waals surface area contributed by atoms with Crippen molar-refractivity contribution in [2.75, 3.05) is 31.9 Å². The minimum atomic E-state index is -1.01. The van der Waals surface area contributed by atoms with Crippen LogP contribution in [0.3, 0.4) is 0 Å². The number of hydrogen-bond donors (Lipinski definition) is 2. The van der Waals surface area contributed by atoms with Crippen LogP contribution < -0.4 is 11.1 Å². The molecule has 0 radical (unpaired) electrons. The molecular weight excluding hydrogens is 288 g/mol. The third kappa shape index (κ3) is 3.40. The van der Waals surface area contributed by atoms with Crippen molar-refractivity contribution in [3.05, 3.63) is 29.8 Å². The zero-order valence-corrected chi connectivity index (χ0v) is 11.8. The molecule has 0 spiro atoms. The van der Waals surface area contributed by atoms with E-state index >= 15 is 0 Å². The zero-order valence-electron chi connectivity index (χ0n) is 11.8. The van der Waals surface area contributed by atoms with Crippen LogP contribution in [0, 0.1) is 0 Å². The highest BCUT2D eigenvalue weighted by Crippen LogP contribution is 2.10. The Labute approximate surface area is 126 Å². The lowest BCUT2D eigenvalue weighted by Gasteiger charge is -2.31. The Kier molecular flexibility index (Phi) is 4.72. The second-order valence-corrected chi connectivity index (χ2v) is 4.80. The molecular formula is C14H16N4O4. The third-order valence-corrected chi connectivity index (χ3v) is 3.38. The van der Waals surface area contributed by atoms with Gasteiger partial charge >= 0.3 is 11.8 Å². The maximum absolute atomic E-state index is 12.0. The lowest BCUT2D eigenvalue weighted by atomic mass is 10.1. The number of nitrogen functional groups attached to an aromatic ring is 1. The Morgan fingerprint density at radius 3 is 2.32 bits per heavy atom. The van der Waals surface area contributed by atoms with E-state index in [4.69, 9.17) is 5.73 Å². The first-order chi connectivity index (χ1) is 10.5. The van der Waals surface area contributed by atoms with Crippen molar-refractivity contribution in [2.24, 2.45) is 0 Å². The van der Waals surface area contributed by atoms with Crippen LogP contribution in [0.1, 0.15) is 10.4 Å². The second-order valence-electron chi connectivity index (χ2n) is 4.80. The van der Waals surface area contributed by atoms with Crippen molar-refractivity contribution in [1.82, 2.24) is 15.1 Å². The molecule has 3 N–H and O–H groups in total. The number of para-hydroxylation sites is 1. The van der Waals surface area contributed by atoms with Gasteiger partial charge in [0.2, 0.25) is 6.41 Å². The van der Waals surface area contributed by atoms with Crippen molar-refractivity contribution >= 4 is 29.8 Å². The standard InChI is InChI=1S/C14H16N4O4/c15-11-4-2-1-3-10(11)12(20)16-13(21)14(22)18-7-5-17(9-19)6-8-18/h1-4,9H,5-8,15H2,(H,16,20,21). The van der Waals surface area contributed by atoms with Gasteiger partial charge in [0, 0.05) is 31.9 Å². The van der Waals surface area contributed by atoms with Gasteiger partial charge in [-0.2, -0.15) is 0 Å². The van der Waals surface area contributed by atoms with Gasteiger partial charge in [-0.1, -0.05) is 12.1 Å². The molecule has 1 fully saturated rings. The Bertz CT molecular complexity index is 609.